The highest BCUT2D eigenvalue weighted by Gasteiger charge is 2.61. The minimum atomic E-state index is -0.717. The van der Waals surface area contributed by atoms with E-state index in [1.165, 1.54) is 11.1 Å². The van der Waals surface area contributed by atoms with Gasteiger partial charge < -0.3 is 10.2 Å². The number of nitrogens with zero attached hydrogens (tertiary/aromatic N) is 1. The Kier molecular flexibility index (Phi) is 5.83. The Morgan fingerprint density at radius 1 is 1.28 bits per heavy atom. The third-order valence-electron chi connectivity index (χ3n) is 8.07. The van der Waals surface area contributed by atoms with Crippen LogP contribution in [0.1, 0.15) is 75.3 Å². The fourth-order valence-corrected chi connectivity index (χ4v) is 7.13. The zero-order valence-electron chi connectivity index (χ0n) is 17.1. The summed E-state index contributed by atoms with van der Waals surface area (Å²) in [6.45, 7) is 2.30. The molecule has 29 heavy (non-hydrogen) atoms. The molecule has 1 aromatic carbocycles. The molecule has 0 aromatic heterocycles. The number of allylic oxidation sites excluding steroid dienone is 1. The van der Waals surface area contributed by atoms with Gasteiger partial charge in [-0.25, -0.2) is 0 Å². The van der Waals surface area contributed by atoms with E-state index in [1.807, 2.05) is 22.3 Å². The molecule has 0 radical (unpaired) electrons. The van der Waals surface area contributed by atoms with Crippen LogP contribution in [0.5, 0.6) is 5.75 Å². The first-order valence-corrected chi connectivity index (χ1v) is 12.1. The second-order valence-corrected chi connectivity index (χ2v) is 10.1. The summed E-state index contributed by atoms with van der Waals surface area (Å²) in [7, 11) is 0. The van der Waals surface area contributed by atoms with Crippen LogP contribution in [0.3, 0.4) is 0 Å². The standard InChI is InChI=1S/C25H30INO2/c1-24-10-8-21-20-7-6-19(28)16-18(20)15-17(5-3-2-4-14-27)23(21)22(24)9-11-25(24,29)12-13-26/h6-7,12-13,15-16,21-23,28-29H,2-5,8-11H2,1H3/b13-12+/t21-,22+,23-,24+,25-/m1/s1/i26-2. The predicted octanol–water partition coefficient (Wildman–Crippen LogP) is 6.46. The number of nitriles is 1. The van der Waals surface area contributed by atoms with Gasteiger partial charge >= 0.3 is 0 Å². The molecule has 0 unspecified atom stereocenters. The van der Waals surface area contributed by atoms with Gasteiger partial charge in [0.05, 0.1) is 11.7 Å². The maximum Gasteiger partial charge on any atom is 0.116 e. The predicted molar refractivity (Wildman–Crippen MR) is 125 cm³/mol. The number of halogens is 1. The van der Waals surface area contributed by atoms with E-state index in [-0.39, 0.29) is 5.41 Å². The van der Waals surface area contributed by atoms with Gasteiger partial charge in [-0.3, -0.25) is 0 Å². The summed E-state index contributed by atoms with van der Waals surface area (Å²) in [4.78, 5) is 0. The summed E-state index contributed by atoms with van der Waals surface area (Å²) in [5, 5.41) is 30.4. The molecule has 1 aromatic rings. The van der Waals surface area contributed by atoms with E-state index in [4.69, 9.17) is 5.26 Å². The molecule has 3 aliphatic carbocycles. The molecule has 154 valence electrons. The summed E-state index contributed by atoms with van der Waals surface area (Å²) in [5.41, 5.74) is 3.16. The van der Waals surface area contributed by atoms with Crippen LogP contribution in [0.15, 0.2) is 33.9 Å². The zero-order valence-corrected chi connectivity index (χ0v) is 19.2. The van der Waals surface area contributed by atoms with Gasteiger partial charge in [-0.15, -0.1) is 0 Å². The van der Waals surface area contributed by atoms with Gasteiger partial charge in [0, 0.05) is 11.8 Å². The molecular weight excluding hydrogens is 471 g/mol. The van der Waals surface area contributed by atoms with Crippen molar-refractivity contribution in [3.63, 3.8) is 0 Å². The number of aromatic hydroxyl groups is 1. The lowest BCUT2D eigenvalue weighted by Crippen LogP contribution is -2.49. The van der Waals surface area contributed by atoms with Crippen molar-refractivity contribution in [2.75, 3.05) is 0 Å². The summed E-state index contributed by atoms with van der Waals surface area (Å²) in [5.74, 6) is 1.70. The summed E-state index contributed by atoms with van der Waals surface area (Å²) in [6.07, 6.45) is 11.9. The van der Waals surface area contributed by atoms with Crippen molar-refractivity contribution >= 4 is 28.7 Å². The third kappa shape index (κ3) is 3.45. The van der Waals surface area contributed by atoms with Crippen LogP contribution < -0.4 is 0 Å². The zero-order chi connectivity index (χ0) is 20.6. The highest BCUT2D eigenvalue weighted by atomic mass is 125. The fourth-order valence-electron chi connectivity index (χ4n) is 6.53. The van der Waals surface area contributed by atoms with Gasteiger partial charge in [0.2, 0.25) is 0 Å². The third-order valence-corrected chi connectivity index (χ3v) is 8.43. The number of hydrogen-bond donors (Lipinski definition) is 2. The van der Waals surface area contributed by atoms with E-state index in [1.54, 1.807) is 0 Å². The van der Waals surface area contributed by atoms with Gasteiger partial charge in [0.1, 0.15) is 5.75 Å². The molecule has 0 heterocycles. The largest absolute Gasteiger partial charge is 0.508 e. The molecule has 2 N–H and O–H groups in total. The van der Waals surface area contributed by atoms with E-state index in [2.05, 4.69) is 47.7 Å². The molecule has 0 amide bonds. The van der Waals surface area contributed by atoms with Crippen LogP contribution in [0.4, 0.5) is 0 Å². The maximum absolute atomic E-state index is 11.5. The number of phenols is 1. The Hall–Kier alpha value is -1.32. The van der Waals surface area contributed by atoms with E-state index in [9.17, 15) is 10.2 Å². The van der Waals surface area contributed by atoms with Crippen molar-refractivity contribution < 1.29 is 10.2 Å². The first-order chi connectivity index (χ1) is 13.9. The van der Waals surface area contributed by atoms with E-state index >= 15 is 0 Å². The lowest BCUT2D eigenvalue weighted by Gasteiger charge is -2.53. The smallest absolute Gasteiger partial charge is 0.116 e. The second kappa shape index (κ2) is 8.07. The highest BCUT2D eigenvalue weighted by molar-refractivity contribution is 14.1. The number of benzene rings is 1. The Balaban J connectivity index is 1.72. The number of phenolic OH excluding ortho intramolecular Hbond substituents is 1. The van der Waals surface area contributed by atoms with Crippen LogP contribution in [0.25, 0.3) is 6.08 Å². The lowest BCUT2D eigenvalue weighted by atomic mass is 9.52. The molecule has 2 fully saturated rings. The molecule has 0 saturated heterocycles. The molecule has 4 heteroatoms. The number of rotatable bonds is 5. The molecule has 2 saturated carbocycles. The number of fused-ring (bicyclic) bond motifs is 5. The van der Waals surface area contributed by atoms with Crippen LogP contribution >= 0.6 is 22.6 Å². The minimum Gasteiger partial charge on any atom is -0.508 e. The molecule has 3 aliphatic rings. The number of unbranched alkanes of at least 4 members (excludes halogenated alkanes) is 2. The van der Waals surface area contributed by atoms with Gasteiger partial charge in [-0.05, 0) is 96.1 Å². The molecule has 0 aliphatic heterocycles. The monoisotopic (exact) mass is 501 g/mol. The topological polar surface area (TPSA) is 64.2 Å². The van der Waals surface area contributed by atoms with Crippen LogP contribution in [-0.4, -0.2) is 15.8 Å². The van der Waals surface area contributed by atoms with Crippen LogP contribution in [-0.2, 0) is 0 Å². The molecular formula is C25H30INO2. The lowest BCUT2D eigenvalue weighted by molar-refractivity contribution is -0.0633. The Labute approximate surface area is 187 Å². The summed E-state index contributed by atoms with van der Waals surface area (Å²) in [6, 6.07) is 8.09. The van der Waals surface area contributed by atoms with E-state index < -0.39 is 5.60 Å². The van der Waals surface area contributed by atoms with E-state index in [0.717, 1.165) is 50.5 Å². The summed E-state index contributed by atoms with van der Waals surface area (Å²) < 4.78 is 1.98. The van der Waals surface area contributed by atoms with Crippen LogP contribution in [0.2, 0.25) is 0 Å². The second-order valence-electron chi connectivity index (χ2n) is 9.35. The van der Waals surface area contributed by atoms with Crippen LogP contribution in [0, 0.1) is 28.6 Å². The van der Waals surface area contributed by atoms with Crippen molar-refractivity contribution in [3.05, 3.63) is 45.1 Å². The normalized spacial score (nSPS) is 35.5. The summed E-state index contributed by atoms with van der Waals surface area (Å²) >= 11 is 2.23. The van der Waals surface area contributed by atoms with Crippen molar-refractivity contribution in [2.24, 2.45) is 17.3 Å². The highest BCUT2D eigenvalue weighted by Crippen LogP contribution is 2.65. The first kappa shape index (κ1) is 20.9. The quantitative estimate of drug-likeness (QED) is 0.360. The van der Waals surface area contributed by atoms with Crippen molar-refractivity contribution in [3.8, 4) is 11.8 Å². The average molecular weight is 501 g/mol. The molecule has 0 spiro atoms. The Morgan fingerprint density at radius 3 is 2.86 bits per heavy atom. The van der Waals surface area contributed by atoms with Crippen molar-refractivity contribution in [2.45, 2.75) is 69.8 Å². The number of hydrogen-bond acceptors (Lipinski definition) is 3. The maximum atomic E-state index is 11.5. The fraction of sp³-hybridized carbons (Fsp3) is 0.560. The van der Waals surface area contributed by atoms with E-state index in [0.29, 0.717) is 29.9 Å². The van der Waals surface area contributed by atoms with Gasteiger partial charge in [0.25, 0.3) is 0 Å². The first-order valence-electron chi connectivity index (χ1n) is 10.8. The molecule has 0 bridgehead atoms. The van der Waals surface area contributed by atoms with Gasteiger partial charge in [-0.2, -0.15) is 5.26 Å². The van der Waals surface area contributed by atoms with Gasteiger partial charge in [-0.1, -0.05) is 47.2 Å². The van der Waals surface area contributed by atoms with Crippen molar-refractivity contribution in [1.29, 1.82) is 5.26 Å². The molecule has 5 atom stereocenters. The molecule has 4 rings (SSSR count). The number of aliphatic hydroxyl groups is 1. The SMILES string of the molecule is C[C@]12CC[C@@H]3c4ccc(O)cc4C=C(CCCCC#N)[C@H]3[C@@H]1CC[C@@]2(O)/C=C/[125I]. The minimum absolute atomic E-state index is 0.101. The average Bonchev–Trinajstić information content (AvgIpc) is 2.96. The Bertz CT molecular complexity index is 885. The Morgan fingerprint density at radius 2 is 2.10 bits per heavy atom. The van der Waals surface area contributed by atoms with Crippen molar-refractivity contribution in [1.82, 2.24) is 0 Å². The van der Waals surface area contributed by atoms with Gasteiger partial charge in [0.15, 0.2) is 0 Å². The molecule has 3 nitrogen and oxygen atoms in total.